The van der Waals surface area contributed by atoms with Crippen LogP contribution >= 0.6 is 46.6 Å². The number of ether oxygens (including phenoxy) is 3. The van der Waals surface area contributed by atoms with E-state index in [0.717, 1.165) is 16.7 Å². The summed E-state index contributed by atoms with van der Waals surface area (Å²) >= 11 is 19.4. The third-order valence-electron chi connectivity index (χ3n) is 4.54. The average molecular weight is 559 g/mol. The third-order valence-corrected chi connectivity index (χ3v) is 6.32. The van der Waals surface area contributed by atoms with Crippen LogP contribution in [-0.2, 0) is 20.9 Å². The van der Waals surface area contributed by atoms with Crippen LogP contribution in [0.4, 0.5) is 4.79 Å². The fourth-order valence-corrected chi connectivity index (χ4v) is 4.65. The number of benzene rings is 2. The SMILES string of the molecule is CCOc1cc(/C=C2/SC(=O)N(CC(=O)OC(C)C)C2=O)cc(Cl)c1OCc1ccc(Cl)cc1Cl. The molecule has 2 aromatic rings. The minimum absolute atomic E-state index is 0.126. The minimum atomic E-state index is -0.660. The zero-order valence-electron chi connectivity index (χ0n) is 19.1. The molecule has 0 spiro atoms. The molecule has 3 rings (SSSR count). The van der Waals surface area contributed by atoms with Gasteiger partial charge < -0.3 is 14.2 Å². The molecule has 186 valence electrons. The lowest BCUT2D eigenvalue weighted by atomic mass is 10.1. The van der Waals surface area contributed by atoms with Crippen LogP contribution in [0.25, 0.3) is 6.08 Å². The van der Waals surface area contributed by atoms with E-state index in [0.29, 0.717) is 39.3 Å². The Bertz CT molecular complexity index is 1180. The van der Waals surface area contributed by atoms with Gasteiger partial charge in [0.1, 0.15) is 13.2 Å². The number of hydrogen-bond acceptors (Lipinski definition) is 7. The molecule has 11 heteroatoms. The Morgan fingerprint density at radius 1 is 1.09 bits per heavy atom. The van der Waals surface area contributed by atoms with Crippen LogP contribution in [-0.4, -0.2) is 41.3 Å². The molecule has 35 heavy (non-hydrogen) atoms. The molecule has 0 radical (unpaired) electrons. The van der Waals surface area contributed by atoms with Crippen LogP contribution in [0, 0.1) is 0 Å². The summed E-state index contributed by atoms with van der Waals surface area (Å²) in [5, 5.41) is 0.651. The number of carbonyl (C=O) groups excluding carboxylic acids is 3. The van der Waals surface area contributed by atoms with E-state index in [2.05, 4.69) is 0 Å². The predicted molar refractivity (Wildman–Crippen MR) is 137 cm³/mol. The first kappa shape index (κ1) is 27.2. The number of imide groups is 1. The van der Waals surface area contributed by atoms with Gasteiger partial charge in [0.2, 0.25) is 0 Å². The summed E-state index contributed by atoms with van der Waals surface area (Å²) in [6.07, 6.45) is 1.15. The number of esters is 1. The van der Waals surface area contributed by atoms with E-state index in [9.17, 15) is 14.4 Å². The van der Waals surface area contributed by atoms with Crippen molar-refractivity contribution >= 4 is 69.8 Å². The van der Waals surface area contributed by atoms with Crippen molar-refractivity contribution in [2.24, 2.45) is 0 Å². The van der Waals surface area contributed by atoms with Gasteiger partial charge in [-0.05, 0) is 68.4 Å². The summed E-state index contributed by atoms with van der Waals surface area (Å²) < 4.78 is 16.6. The molecular weight excluding hydrogens is 537 g/mol. The van der Waals surface area contributed by atoms with Gasteiger partial charge in [0.25, 0.3) is 11.1 Å². The van der Waals surface area contributed by atoms with Crippen molar-refractivity contribution < 1.29 is 28.6 Å². The van der Waals surface area contributed by atoms with E-state index in [-0.39, 0.29) is 22.6 Å². The molecule has 7 nitrogen and oxygen atoms in total. The smallest absolute Gasteiger partial charge is 0.326 e. The van der Waals surface area contributed by atoms with Gasteiger partial charge in [0.15, 0.2) is 11.5 Å². The highest BCUT2D eigenvalue weighted by Gasteiger charge is 2.37. The van der Waals surface area contributed by atoms with Crippen molar-refractivity contribution in [3.8, 4) is 11.5 Å². The van der Waals surface area contributed by atoms with Gasteiger partial charge in [-0.15, -0.1) is 0 Å². The van der Waals surface area contributed by atoms with Gasteiger partial charge >= 0.3 is 5.97 Å². The standard InChI is InChI=1S/C24H22Cl3NO6S/c1-4-32-19-8-14(7-18(27)22(19)33-12-15-5-6-16(25)10-17(15)26)9-20-23(30)28(24(31)35-20)11-21(29)34-13(2)3/h5-10,13H,4,11-12H2,1-3H3/b20-9+. The highest BCUT2D eigenvalue weighted by atomic mass is 35.5. The monoisotopic (exact) mass is 557 g/mol. The van der Waals surface area contributed by atoms with Crippen LogP contribution in [0.1, 0.15) is 31.9 Å². The van der Waals surface area contributed by atoms with E-state index in [1.165, 1.54) is 6.08 Å². The van der Waals surface area contributed by atoms with E-state index in [4.69, 9.17) is 49.0 Å². The average Bonchev–Trinajstić information content (AvgIpc) is 3.01. The van der Waals surface area contributed by atoms with Crippen LogP contribution in [0.2, 0.25) is 15.1 Å². The predicted octanol–water partition coefficient (Wildman–Crippen LogP) is 6.61. The summed E-state index contributed by atoms with van der Waals surface area (Å²) in [7, 11) is 0. The Morgan fingerprint density at radius 2 is 1.83 bits per heavy atom. The van der Waals surface area contributed by atoms with Crippen LogP contribution < -0.4 is 9.47 Å². The molecule has 0 aromatic heterocycles. The Labute approximate surface area is 222 Å². The molecule has 1 fully saturated rings. The van der Waals surface area contributed by atoms with Crippen molar-refractivity contribution in [3.63, 3.8) is 0 Å². The van der Waals surface area contributed by atoms with E-state index in [1.807, 2.05) is 6.92 Å². The van der Waals surface area contributed by atoms with E-state index >= 15 is 0 Å². The molecule has 0 N–H and O–H groups in total. The lowest BCUT2D eigenvalue weighted by Gasteiger charge is -2.15. The molecule has 0 unspecified atom stereocenters. The molecule has 1 saturated heterocycles. The lowest BCUT2D eigenvalue weighted by Crippen LogP contribution is -2.35. The molecular formula is C24H22Cl3NO6S. The highest BCUT2D eigenvalue weighted by molar-refractivity contribution is 8.18. The molecule has 0 saturated carbocycles. The number of halogens is 3. The second kappa shape index (κ2) is 12.0. The zero-order valence-corrected chi connectivity index (χ0v) is 22.2. The largest absolute Gasteiger partial charge is 0.490 e. The van der Waals surface area contributed by atoms with Crippen LogP contribution in [0.15, 0.2) is 35.2 Å². The maximum Gasteiger partial charge on any atom is 0.326 e. The van der Waals surface area contributed by atoms with Gasteiger partial charge in [-0.25, -0.2) is 0 Å². The van der Waals surface area contributed by atoms with Crippen molar-refractivity contribution in [2.45, 2.75) is 33.5 Å². The quantitative estimate of drug-likeness (QED) is 0.253. The topological polar surface area (TPSA) is 82.1 Å². The summed E-state index contributed by atoms with van der Waals surface area (Å²) in [6, 6.07) is 8.31. The van der Waals surface area contributed by atoms with Gasteiger partial charge in [-0.1, -0.05) is 40.9 Å². The maximum absolute atomic E-state index is 12.7. The van der Waals surface area contributed by atoms with Crippen molar-refractivity contribution in [1.29, 1.82) is 0 Å². The number of carbonyl (C=O) groups is 3. The third kappa shape index (κ3) is 7.07. The fourth-order valence-electron chi connectivity index (χ4n) is 3.08. The van der Waals surface area contributed by atoms with Crippen LogP contribution in [0.5, 0.6) is 11.5 Å². The normalized spacial score (nSPS) is 14.7. The summed E-state index contributed by atoms with van der Waals surface area (Å²) in [5.41, 5.74) is 1.23. The molecule has 0 aliphatic carbocycles. The molecule has 0 atom stereocenters. The Hall–Kier alpha value is -2.39. The molecule has 1 aliphatic rings. The Balaban J connectivity index is 1.82. The van der Waals surface area contributed by atoms with Gasteiger partial charge in [0.05, 0.1) is 22.6 Å². The number of nitrogens with zero attached hydrogens (tertiary/aromatic N) is 1. The van der Waals surface area contributed by atoms with Gasteiger partial charge in [-0.2, -0.15) is 0 Å². The first-order chi connectivity index (χ1) is 16.6. The fraction of sp³-hybridized carbons (Fsp3) is 0.292. The van der Waals surface area contributed by atoms with Crippen molar-refractivity contribution in [3.05, 3.63) is 61.4 Å². The second-order valence-electron chi connectivity index (χ2n) is 7.59. The second-order valence-corrected chi connectivity index (χ2v) is 9.84. The zero-order chi connectivity index (χ0) is 25.7. The van der Waals surface area contributed by atoms with Crippen LogP contribution in [0.3, 0.4) is 0 Å². The molecule has 2 aromatic carbocycles. The van der Waals surface area contributed by atoms with E-state index in [1.54, 1.807) is 44.2 Å². The summed E-state index contributed by atoms with van der Waals surface area (Å²) in [6.45, 7) is 5.19. The first-order valence-electron chi connectivity index (χ1n) is 10.6. The summed E-state index contributed by atoms with van der Waals surface area (Å²) in [4.78, 5) is 37.9. The first-order valence-corrected chi connectivity index (χ1v) is 12.5. The number of rotatable bonds is 9. The van der Waals surface area contributed by atoms with E-state index < -0.39 is 23.7 Å². The molecule has 0 bridgehead atoms. The minimum Gasteiger partial charge on any atom is -0.490 e. The number of thioether (sulfide) groups is 1. The Kier molecular flexibility index (Phi) is 9.35. The lowest BCUT2D eigenvalue weighted by molar-refractivity contribution is -0.149. The molecule has 1 heterocycles. The number of amides is 2. The molecule has 2 amide bonds. The van der Waals surface area contributed by atoms with Gasteiger partial charge in [-0.3, -0.25) is 19.3 Å². The maximum atomic E-state index is 12.7. The summed E-state index contributed by atoms with van der Waals surface area (Å²) in [5.74, 6) is -0.586. The van der Waals surface area contributed by atoms with Crippen molar-refractivity contribution in [1.82, 2.24) is 4.90 Å². The Morgan fingerprint density at radius 3 is 2.49 bits per heavy atom. The van der Waals surface area contributed by atoms with Crippen molar-refractivity contribution in [2.75, 3.05) is 13.2 Å². The molecule has 1 aliphatic heterocycles. The number of hydrogen-bond donors (Lipinski definition) is 0. The van der Waals surface area contributed by atoms with Gasteiger partial charge in [0, 0.05) is 15.6 Å². The highest BCUT2D eigenvalue weighted by Crippen LogP contribution is 2.40.